The zero-order valence-corrected chi connectivity index (χ0v) is 24.4. The highest BCUT2D eigenvalue weighted by molar-refractivity contribution is 7.92. The molecule has 0 fully saturated rings. The van der Waals surface area contributed by atoms with Crippen LogP contribution < -0.4 is 9.46 Å². The van der Waals surface area contributed by atoms with Crippen molar-refractivity contribution in [2.75, 3.05) is 37.7 Å². The van der Waals surface area contributed by atoms with Crippen molar-refractivity contribution in [2.45, 2.75) is 39.0 Å². The van der Waals surface area contributed by atoms with Crippen molar-refractivity contribution in [3.8, 4) is 16.9 Å². The number of hydrogen-bond acceptors (Lipinski definition) is 6. The normalized spacial score (nSPS) is 18.8. The van der Waals surface area contributed by atoms with Crippen molar-refractivity contribution in [1.82, 2.24) is 9.80 Å². The first-order valence-corrected chi connectivity index (χ1v) is 15.4. The molecule has 3 aromatic carbocycles. The van der Waals surface area contributed by atoms with Crippen LogP contribution in [0.4, 0.5) is 5.69 Å². The summed E-state index contributed by atoms with van der Waals surface area (Å²) >= 11 is 0. The lowest BCUT2D eigenvalue weighted by atomic mass is 10.0. The van der Waals surface area contributed by atoms with Crippen molar-refractivity contribution < 1.29 is 23.1 Å². The molecule has 0 aliphatic carbocycles. The van der Waals surface area contributed by atoms with E-state index in [1.165, 1.54) is 16.7 Å². The van der Waals surface area contributed by atoms with Gasteiger partial charge in [0.15, 0.2) is 0 Å². The van der Waals surface area contributed by atoms with Crippen LogP contribution in [0.2, 0.25) is 0 Å². The van der Waals surface area contributed by atoms with Crippen molar-refractivity contribution in [1.29, 1.82) is 0 Å². The van der Waals surface area contributed by atoms with Gasteiger partial charge in [-0.3, -0.25) is 14.4 Å². The van der Waals surface area contributed by atoms with Gasteiger partial charge in [-0.05, 0) is 48.9 Å². The zero-order chi connectivity index (χ0) is 28.9. The minimum absolute atomic E-state index is 0.0272. The molecule has 1 aliphatic heterocycles. The first-order chi connectivity index (χ1) is 19.0. The summed E-state index contributed by atoms with van der Waals surface area (Å²) < 4.78 is 32.6. The van der Waals surface area contributed by atoms with Gasteiger partial charge in [0, 0.05) is 36.8 Å². The molecule has 0 radical (unpaired) electrons. The molecule has 214 valence electrons. The van der Waals surface area contributed by atoms with Crippen LogP contribution >= 0.6 is 0 Å². The standard InChI is InChI=1S/C31H39N3O5S/c1-22-18-34(23(2)21-35)31(36)17-27-16-28(32-40(4,37)38)14-15-29(27)39-30(22)20-33(3)19-24-10-12-26(13-11-24)25-8-6-5-7-9-25/h5-16,22-23,30,32,35H,17-21H2,1-4H3/t22-,23+,30+/m1/s1. The van der Waals surface area contributed by atoms with E-state index in [-0.39, 0.29) is 37.0 Å². The largest absolute Gasteiger partial charge is 0.488 e. The van der Waals surface area contributed by atoms with E-state index >= 15 is 0 Å². The van der Waals surface area contributed by atoms with Gasteiger partial charge < -0.3 is 14.7 Å². The molecule has 1 amide bonds. The van der Waals surface area contributed by atoms with Gasteiger partial charge in [-0.25, -0.2) is 8.42 Å². The summed E-state index contributed by atoms with van der Waals surface area (Å²) in [5, 5.41) is 9.85. The van der Waals surface area contributed by atoms with E-state index in [4.69, 9.17) is 4.74 Å². The first kappa shape index (κ1) is 29.6. The van der Waals surface area contributed by atoms with E-state index in [2.05, 4.69) is 52.9 Å². The molecule has 9 heteroatoms. The summed E-state index contributed by atoms with van der Waals surface area (Å²) in [4.78, 5) is 17.2. The van der Waals surface area contributed by atoms with Gasteiger partial charge >= 0.3 is 0 Å². The maximum atomic E-state index is 13.3. The SMILES string of the molecule is C[C@@H]1CN([C@@H](C)CO)C(=O)Cc2cc(NS(C)(=O)=O)ccc2O[C@H]1CN(C)Cc1ccc(-c2ccccc2)cc1. The van der Waals surface area contributed by atoms with Crippen molar-refractivity contribution in [3.05, 3.63) is 83.9 Å². The molecule has 40 heavy (non-hydrogen) atoms. The Labute approximate surface area is 237 Å². The van der Waals surface area contributed by atoms with Gasteiger partial charge in [-0.1, -0.05) is 61.5 Å². The van der Waals surface area contributed by atoms with Gasteiger partial charge in [-0.2, -0.15) is 0 Å². The molecule has 1 aliphatic rings. The Morgan fingerprint density at radius 3 is 2.40 bits per heavy atom. The maximum absolute atomic E-state index is 13.3. The van der Waals surface area contributed by atoms with Crippen molar-refractivity contribution in [3.63, 3.8) is 0 Å². The highest BCUT2D eigenvalue weighted by Gasteiger charge is 2.31. The number of carbonyl (C=O) groups excluding carboxylic acids is 1. The maximum Gasteiger partial charge on any atom is 0.229 e. The Bertz CT molecular complexity index is 1400. The van der Waals surface area contributed by atoms with Crippen LogP contribution in [0.1, 0.15) is 25.0 Å². The summed E-state index contributed by atoms with van der Waals surface area (Å²) in [6.07, 6.45) is 0.881. The minimum atomic E-state index is -3.48. The van der Waals surface area contributed by atoms with Gasteiger partial charge in [0.2, 0.25) is 15.9 Å². The number of likely N-dealkylation sites (N-methyl/N-ethyl adjacent to an activating group) is 1. The molecule has 0 spiro atoms. The number of carbonyl (C=O) groups is 1. The number of anilines is 1. The molecule has 3 aromatic rings. The van der Waals surface area contributed by atoms with Crippen LogP contribution in [-0.4, -0.2) is 74.4 Å². The number of fused-ring (bicyclic) bond motifs is 1. The van der Waals surface area contributed by atoms with E-state index in [9.17, 15) is 18.3 Å². The molecule has 0 saturated heterocycles. The Hall–Kier alpha value is -3.40. The number of hydrogen-bond donors (Lipinski definition) is 2. The molecule has 0 unspecified atom stereocenters. The molecule has 2 N–H and O–H groups in total. The lowest BCUT2D eigenvalue weighted by Crippen LogP contribution is -2.47. The summed E-state index contributed by atoms with van der Waals surface area (Å²) in [5.74, 6) is 0.395. The summed E-state index contributed by atoms with van der Waals surface area (Å²) in [5.41, 5.74) is 4.51. The number of nitrogens with one attached hydrogen (secondary N) is 1. The third-order valence-corrected chi connectivity index (χ3v) is 7.83. The van der Waals surface area contributed by atoms with Gasteiger partial charge in [0.25, 0.3) is 0 Å². The zero-order valence-electron chi connectivity index (χ0n) is 23.6. The summed E-state index contributed by atoms with van der Waals surface area (Å²) in [7, 11) is -1.43. The number of ether oxygens (including phenoxy) is 1. The Morgan fingerprint density at radius 1 is 1.07 bits per heavy atom. The Morgan fingerprint density at radius 2 is 1.75 bits per heavy atom. The van der Waals surface area contributed by atoms with E-state index < -0.39 is 10.0 Å². The number of amides is 1. The average Bonchev–Trinajstić information content (AvgIpc) is 2.96. The number of rotatable bonds is 9. The third kappa shape index (κ3) is 7.84. The van der Waals surface area contributed by atoms with Crippen LogP contribution in [0.5, 0.6) is 5.75 Å². The van der Waals surface area contributed by atoms with E-state index in [0.29, 0.717) is 30.1 Å². The van der Waals surface area contributed by atoms with Crippen molar-refractivity contribution >= 4 is 21.6 Å². The fraction of sp³-hybridized carbons (Fsp3) is 0.387. The van der Waals surface area contributed by atoms with E-state index in [1.54, 1.807) is 23.1 Å². The summed E-state index contributed by atoms with van der Waals surface area (Å²) in [6.45, 7) is 5.51. The van der Waals surface area contributed by atoms with E-state index in [0.717, 1.165) is 12.8 Å². The average molecular weight is 566 g/mol. The van der Waals surface area contributed by atoms with Crippen LogP contribution in [0, 0.1) is 5.92 Å². The lowest BCUT2D eigenvalue weighted by molar-refractivity contribution is -0.134. The molecule has 0 aromatic heterocycles. The molecule has 0 saturated carbocycles. The van der Waals surface area contributed by atoms with Crippen molar-refractivity contribution in [2.24, 2.45) is 5.92 Å². The Kier molecular flexibility index (Phi) is 9.50. The molecule has 0 bridgehead atoms. The second kappa shape index (κ2) is 12.8. The van der Waals surface area contributed by atoms with Crippen LogP contribution in [0.25, 0.3) is 11.1 Å². The second-order valence-electron chi connectivity index (χ2n) is 10.8. The van der Waals surface area contributed by atoms with Crippen LogP contribution in [-0.2, 0) is 27.8 Å². The van der Waals surface area contributed by atoms with Gasteiger partial charge in [0.1, 0.15) is 11.9 Å². The highest BCUT2D eigenvalue weighted by Crippen LogP contribution is 2.30. The molecule has 4 rings (SSSR count). The number of aliphatic hydroxyl groups is 1. The molecule has 8 nitrogen and oxygen atoms in total. The fourth-order valence-electron chi connectivity index (χ4n) is 5.04. The fourth-order valence-corrected chi connectivity index (χ4v) is 5.60. The highest BCUT2D eigenvalue weighted by atomic mass is 32.2. The van der Waals surface area contributed by atoms with Gasteiger partial charge in [0.05, 0.1) is 25.3 Å². The predicted octanol–water partition coefficient (Wildman–Crippen LogP) is 4.01. The number of nitrogens with zero attached hydrogens (tertiary/aromatic N) is 2. The Balaban J connectivity index is 1.55. The molecule has 3 atom stereocenters. The minimum Gasteiger partial charge on any atom is -0.488 e. The molecule has 1 heterocycles. The lowest BCUT2D eigenvalue weighted by Gasteiger charge is -2.34. The quantitative estimate of drug-likeness (QED) is 0.407. The second-order valence-corrected chi connectivity index (χ2v) is 12.6. The smallest absolute Gasteiger partial charge is 0.229 e. The first-order valence-electron chi connectivity index (χ1n) is 13.5. The number of aliphatic hydroxyl groups excluding tert-OH is 1. The third-order valence-electron chi connectivity index (χ3n) is 7.22. The van der Waals surface area contributed by atoms with Gasteiger partial charge in [-0.15, -0.1) is 0 Å². The topological polar surface area (TPSA) is 99.2 Å². The van der Waals surface area contributed by atoms with Crippen LogP contribution in [0.3, 0.4) is 0 Å². The summed E-state index contributed by atoms with van der Waals surface area (Å²) in [6, 6.07) is 23.5. The monoisotopic (exact) mass is 565 g/mol. The number of sulfonamides is 1. The molecular weight excluding hydrogens is 526 g/mol. The number of benzene rings is 3. The van der Waals surface area contributed by atoms with Crippen LogP contribution in [0.15, 0.2) is 72.8 Å². The van der Waals surface area contributed by atoms with E-state index in [1.807, 2.05) is 32.2 Å². The molecular formula is C31H39N3O5S. The predicted molar refractivity (Wildman–Crippen MR) is 159 cm³/mol.